The number of methoxy groups -OCH3 is 1. The number of carbonyl (C=O) groups is 1. The van der Waals surface area contributed by atoms with Gasteiger partial charge in [0.2, 0.25) is 0 Å². The summed E-state index contributed by atoms with van der Waals surface area (Å²) in [6.45, 7) is 0. The molecule has 0 heterocycles. The fourth-order valence-electron chi connectivity index (χ4n) is 2.50. The van der Waals surface area contributed by atoms with Gasteiger partial charge in [-0.25, -0.2) is 5.43 Å². The summed E-state index contributed by atoms with van der Waals surface area (Å²) in [7, 11) is 1.49. The Balaban J connectivity index is 1.57. The highest BCUT2D eigenvalue weighted by molar-refractivity contribution is 5.85. The molecule has 5 heteroatoms. The summed E-state index contributed by atoms with van der Waals surface area (Å²) in [6, 6.07) is 26.2. The molecule has 0 unspecified atom stereocenters. The van der Waals surface area contributed by atoms with Crippen molar-refractivity contribution in [2.24, 2.45) is 5.10 Å². The average molecular weight is 360 g/mol. The van der Waals surface area contributed by atoms with E-state index in [0.29, 0.717) is 0 Å². The highest BCUT2D eigenvalue weighted by atomic mass is 16.5. The molecule has 0 bridgehead atoms. The Labute approximate surface area is 158 Å². The third-order valence-corrected chi connectivity index (χ3v) is 3.82. The number of hydrazone groups is 1. The molecule has 5 nitrogen and oxygen atoms in total. The Morgan fingerprint density at radius 2 is 1.48 bits per heavy atom. The quantitative estimate of drug-likeness (QED) is 0.504. The topological polar surface area (TPSA) is 59.9 Å². The zero-order valence-electron chi connectivity index (χ0n) is 14.9. The molecule has 0 fully saturated rings. The van der Waals surface area contributed by atoms with Gasteiger partial charge in [0.15, 0.2) is 6.10 Å². The lowest BCUT2D eigenvalue weighted by atomic mass is 10.1. The average Bonchev–Trinajstić information content (AvgIpc) is 2.71. The van der Waals surface area contributed by atoms with Crippen LogP contribution in [0.3, 0.4) is 0 Å². The van der Waals surface area contributed by atoms with Gasteiger partial charge in [-0.2, -0.15) is 5.10 Å². The van der Waals surface area contributed by atoms with Crippen molar-refractivity contribution >= 4 is 12.1 Å². The number of hydrogen-bond donors (Lipinski definition) is 1. The van der Waals surface area contributed by atoms with Crippen molar-refractivity contribution in [1.29, 1.82) is 0 Å². The molecule has 3 aromatic rings. The summed E-state index contributed by atoms with van der Waals surface area (Å²) >= 11 is 0. The lowest BCUT2D eigenvalue weighted by molar-refractivity contribution is -0.131. The Kier molecular flexibility index (Phi) is 6.33. The van der Waals surface area contributed by atoms with Gasteiger partial charge in [-0.15, -0.1) is 0 Å². The van der Waals surface area contributed by atoms with Crippen molar-refractivity contribution in [1.82, 2.24) is 5.43 Å². The van der Waals surface area contributed by atoms with Crippen LogP contribution in [0.25, 0.3) is 0 Å². The molecule has 3 aromatic carbocycles. The zero-order valence-corrected chi connectivity index (χ0v) is 14.9. The van der Waals surface area contributed by atoms with Crippen LogP contribution >= 0.6 is 0 Å². The summed E-state index contributed by atoms with van der Waals surface area (Å²) in [5.41, 5.74) is 4.12. The van der Waals surface area contributed by atoms with Gasteiger partial charge in [-0.05, 0) is 47.5 Å². The van der Waals surface area contributed by atoms with Gasteiger partial charge in [0.25, 0.3) is 5.91 Å². The van der Waals surface area contributed by atoms with Gasteiger partial charge in [-0.3, -0.25) is 4.79 Å². The van der Waals surface area contributed by atoms with Crippen molar-refractivity contribution in [3.05, 3.63) is 96.1 Å². The third-order valence-electron chi connectivity index (χ3n) is 3.82. The van der Waals surface area contributed by atoms with Crippen LogP contribution in [0.1, 0.15) is 17.2 Å². The first-order valence-electron chi connectivity index (χ1n) is 8.50. The number of amides is 1. The standard InChI is InChI=1S/C22H20N2O3/c1-26-21(18-8-4-2-5-9-18)22(25)24-23-16-17-12-14-20(15-13-17)27-19-10-6-3-7-11-19/h2-16,21H,1H3,(H,24,25)/b23-16-/t21-/m1/s1. The van der Waals surface area contributed by atoms with E-state index in [1.807, 2.05) is 84.9 Å². The second-order valence-electron chi connectivity index (χ2n) is 5.74. The molecule has 0 spiro atoms. The smallest absolute Gasteiger partial charge is 0.273 e. The molecule has 0 radical (unpaired) electrons. The SMILES string of the molecule is CO[C@@H](C(=O)N/N=C\c1ccc(Oc2ccccc2)cc1)c1ccccc1. The van der Waals surface area contributed by atoms with Crippen molar-refractivity contribution in [2.45, 2.75) is 6.10 Å². The van der Waals surface area contributed by atoms with Crippen LogP contribution in [0.15, 0.2) is 90.0 Å². The molecule has 136 valence electrons. The monoisotopic (exact) mass is 360 g/mol. The second-order valence-corrected chi connectivity index (χ2v) is 5.74. The molecule has 0 aliphatic carbocycles. The van der Waals surface area contributed by atoms with Gasteiger partial charge in [0, 0.05) is 7.11 Å². The fraction of sp³-hybridized carbons (Fsp3) is 0.0909. The van der Waals surface area contributed by atoms with Gasteiger partial charge in [0.05, 0.1) is 6.21 Å². The molecular formula is C22H20N2O3. The van der Waals surface area contributed by atoms with E-state index in [4.69, 9.17) is 9.47 Å². The molecular weight excluding hydrogens is 340 g/mol. The minimum absolute atomic E-state index is 0.330. The van der Waals surface area contributed by atoms with E-state index in [2.05, 4.69) is 10.5 Å². The van der Waals surface area contributed by atoms with Crippen molar-refractivity contribution in [2.75, 3.05) is 7.11 Å². The predicted octanol–water partition coefficient (Wildman–Crippen LogP) is 4.32. The van der Waals surface area contributed by atoms with Crippen molar-refractivity contribution < 1.29 is 14.3 Å². The second kappa shape index (κ2) is 9.31. The van der Waals surface area contributed by atoms with E-state index in [9.17, 15) is 4.79 Å². The van der Waals surface area contributed by atoms with Crippen molar-refractivity contribution in [3.8, 4) is 11.5 Å². The third kappa shape index (κ3) is 5.26. The number of benzene rings is 3. The summed E-state index contributed by atoms with van der Waals surface area (Å²) in [6.07, 6.45) is 0.868. The number of nitrogens with one attached hydrogen (secondary N) is 1. The van der Waals surface area contributed by atoms with E-state index in [1.54, 1.807) is 6.21 Å². The Hall–Kier alpha value is -3.44. The lowest BCUT2D eigenvalue weighted by Gasteiger charge is -2.13. The number of rotatable bonds is 7. The minimum atomic E-state index is -0.704. The van der Waals surface area contributed by atoms with Crippen LogP contribution in [0, 0.1) is 0 Å². The van der Waals surface area contributed by atoms with Gasteiger partial charge in [-0.1, -0.05) is 48.5 Å². The number of hydrogen-bond acceptors (Lipinski definition) is 4. The number of nitrogens with zero attached hydrogens (tertiary/aromatic N) is 1. The maximum atomic E-state index is 12.3. The van der Waals surface area contributed by atoms with Crippen LogP contribution in [0.2, 0.25) is 0 Å². The maximum Gasteiger partial charge on any atom is 0.273 e. The fourth-order valence-corrected chi connectivity index (χ4v) is 2.50. The first-order chi connectivity index (χ1) is 13.3. The minimum Gasteiger partial charge on any atom is -0.457 e. The molecule has 0 aliphatic rings. The molecule has 1 amide bonds. The normalized spacial score (nSPS) is 11.9. The van der Waals surface area contributed by atoms with Crippen LogP contribution < -0.4 is 10.2 Å². The summed E-state index contributed by atoms with van der Waals surface area (Å²) in [4.78, 5) is 12.3. The number of carbonyl (C=O) groups excluding carboxylic acids is 1. The summed E-state index contributed by atoms with van der Waals surface area (Å²) < 4.78 is 11.0. The number of para-hydroxylation sites is 1. The molecule has 0 aromatic heterocycles. The van der Waals surface area contributed by atoms with Crippen LogP contribution in [0.4, 0.5) is 0 Å². The molecule has 0 aliphatic heterocycles. The summed E-state index contributed by atoms with van der Waals surface area (Å²) in [5, 5.41) is 4.00. The number of ether oxygens (including phenoxy) is 2. The Bertz CT molecular complexity index is 878. The van der Waals surface area contributed by atoms with Gasteiger partial charge < -0.3 is 9.47 Å². The van der Waals surface area contributed by atoms with E-state index in [-0.39, 0.29) is 5.91 Å². The van der Waals surface area contributed by atoms with Crippen molar-refractivity contribution in [3.63, 3.8) is 0 Å². The van der Waals surface area contributed by atoms with Gasteiger partial charge >= 0.3 is 0 Å². The molecule has 1 N–H and O–H groups in total. The van der Waals surface area contributed by atoms with E-state index in [1.165, 1.54) is 7.11 Å². The molecule has 1 atom stereocenters. The van der Waals surface area contributed by atoms with E-state index < -0.39 is 6.10 Å². The molecule has 27 heavy (non-hydrogen) atoms. The first kappa shape index (κ1) is 18.4. The summed E-state index contributed by atoms with van der Waals surface area (Å²) in [5.74, 6) is 1.17. The Morgan fingerprint density at radius 1 is 0.889 bits per heavy atom. The lowest BCUT2D eigenvalue weighted by Crippen LogP contribution is -2.26. The van der Waals surface area contributed by atoms with Crippen LogP contribution in [-0.4, -0.2) is 19.2 Å². The molecule has 0 saturated carbocycles. The van der Waals surface area contributed by atoms with E-state index in [0.717, 1.165) is 22.6 Å². The van der Waals surface area contributed by atoms with E-state index >= 15 is 0 Å². The first-order valence-corrected chi connectivity index (χ1v) is 8.50. The Morgan fingerprint density at radius 3 is 2.11 bits per heavy atom. The zero-order chi connectivity index (χ0) is 18.9. The van der Waals surface area contributed by atoms with Gasteiger partial charge in [0.1, 0.15) is 11.5 Å². The predicted molar refractivity (Wildman–Crippen MR) is 105 cm³/mol. The van der Waals surface area contributed by atoms with Crippen LogP contribution in [0.5, 0.6) is 11.5 Å². The molecule has 0 saturated heterocycles. The van der Waals surface area contributed by atoms with Crippen LogP contribution in [-0.2, 0) is 9.53 Å². The maximum absolute atomic E-state index is 12.3. The largest absolute Gasteiger partial charge is 0.457 e. The molecule has 3 rings (SSSR count). The highest BCUT2D eigenvalue weighted by Crippen LogP contribution is 2.20. The highest BCUT2D eigenvalue weighted by Gasteiger charge is 2.18.